The third-order valence-corrected chi connectivity index (χ3v) is 4.01. The van der Waals surface area contributed by atoms with Gasteiger partial charge in [0, 0.05) is 13.1 Å². The highest BCUT2D eigenvalue weighted by molar-refractivity contribution is 5.77. The van der Waals surface area contributed by atoms with E-state index in [1.165, 1.54) is 0 Å². The van der Waals surface area contributed by atoms with Crippen LogP contribution in [0.5, 0.6) is 0 Å². The van der Waals surface area contributed by atoms with Crippen LogP contribution in [0, 0.1) is 11.8 Å². The highest BCUT2D eigenvalue weighted by Gasteiger charge is 2.36. The van der Waals surface area contributed by atoms with Crippen LogP contribution in [0.1, 0.15) is 26.2 Å². The number of ether oxygens (including phenoxy) is 1. The predicted octanol–water partition coefficient (Wildman–Crippen LogP) is 0.918. The molecule has 0 aliphatic carbocycles. The first-order valence-corrected chi connectivity index (χ1v) is 6.94. The average Bonchev–Trinajstić information content (AvgIpc) is 2.70. The maximum atomic E-state index is 12.1. The predicted molar refractivity (Wildman–Crippen MR) is 68.9 cm³/mol. The normalized spacial score (nSPS) is 31.8. The molecule has 2 rings (SSSR count). The summed E-state index contributed by atoms with van der Waals surface area (Å²) in [4.78, 5) is 25.0. The summed E-state index contributed by atoms with van der Waals surface area (Å²) in [7, 11) is 0. The van der Waals surface area contributed by atoms with Crippen molar-refractivity contribution >= 4 is 12.0 Å². The second kappa shape index (κ2) is 6.23. The molecule has 3 unspecified atom stereocenters. The molecular formula is C13H22N2O4. The van der Waals surface area contributed by atoms with Gasteiger partial charge in [0.15, 0.2) is 0 Å². The number of aliphatic carboxylic acids is 1. The van der Waals surface area contributed by atoms with Gasteiger partial charge >= 0.3 is 12.0 Å². The molecule has 0 spiro atoms. The summed E-state index contributed by atoms with van der Waals surface area (Å²) in [5.74, 6) is -0.887. The van der Waals surface area contributed by atoms with E-state index in [1.54, 1.807) is 4.90 Å². The Morgan fingerprint density at radius 3 is 2.79 bits per heavy atom. The lowest BCUT2D eigenvalue weighted by Crippen LogP contribution is -2.49. The molecule has 2 heterocycles. The summed E-state index contributed by atoms with van der Waals surface area (Å²) >= 11 is 0. The molecule has 108 valence electrons. The smallest absolute Gasteiger partial charge is 0.317 e. The fourth-order valence-corrected chi connectivity index (χ4v) is 2.66. The lowest BCUT2D eigenvalue weighted by Gasteiger charge is -2.24. The van der Waals surface area contributed by atoms with Crippen LogP contribution in [0.25, 0.3) is 0 Å². The van der Waals surface area contributed by atoms with Crippen LogP contribution in [0.15, 0.2) is 0 Å². The number of rotatable bonds is 2. The van der Waals surface area contributed by atoms with Gasteiger partial charge in [0.25, 0.3) is 0 Å². The Bertz CT molecular complexity index is 348. The van der Waals surface area contributed by atoms with Gasteiger partial charge in [-0.1, -0.05) is 6.92 Å². The lowest BCUT2D eigenvalue weighted by atomic mass is 10.0. The number of carbonyl (C=O) groups excluding carboxylic acids is 1. The zero-order chi connectivity index (χ0) is 13.8. The van der Waals surface area contributed by atoms with Crippen molar-refractivity contribution in [3.05, 3.63) is 0 Å². The molecule has 2 fully saturated rings. The highest BCUT2D eigenvalue weighted by atomic mass is 16.5. The number of hydrogen-bond donors (Lipinski definition) is 2. The van der Waals surface area contributed by atoms with Crippen LogP contribution in [-0.2, 0) is 9.53 Å². The average molecular weight is 270 g/mol. The Labute approximate surface area is 113 Å². The molecule has 2 N–H and O–H groups in total. The first-order chi connectivity index (χ1) is 9.08. The zero-order valence-electron chi connectivity index (χ0n) is 11.3. The van der Waals surface area contributed by atoms with Crippen molar-refractivity contribution in [3.63, 3.8) is 0 Å². The van der Waals surface area contributed by atoms with Crippen molar-refractivity contribution in [2.75, 3.05) is 26.3 Å². The number of carbonyl (C=O) groups is 2. The molecule has 3 atom stereocenters. The molecule has 2 saturated heterocycles. The summed E-state index contributed by atoms with van der Waals surface area (Å²) in [5, 5.41) is 11.8. The van der Waals surface area contributed by atoms with E-state index < -0.39 is 17.9 Å². The van der Waals surface area contributed by atoms with Gasteiger partial charge in [-0.05, 0) is 25.2 Å². The van der Waals surface area contributed by atoms with Gasteiger partial charge < -0.3 is 20.1 Å². The fraction of sp³-hybridized carbons (Fsp3) is 0.846. The van der Waals surface area contributed by atoms with E-state index in [0.717, 1.165) is 32.4 Å². The quantitative estimate of drug-likeness (QED) is 0.782. The largest absolute Gasteiger partial charge is 0.481 e. The minimum Gasteiger partial charge on any atom is -0.481 e. The van der Waals surface area contributed by atoms with Crippen LogP contribution in [0.2, 0.25) is 0 Å². The number of carboxylic acid groups (broad SMARTS) is 1. The number of carboxylic acids is 1. The Morgan fingerprint density at radius 2 is 2.05 bits per heavy atom. The van der Waals surface area contributed by atoms with E-state index >= 15 is 0 Å². The number of urea groups is 1. The summed E-state index contributed by atoms with van der Waals surface area (Å²) < 4.78 is 5.15. The van der Waals surface area contributed by atoms with Crippen molar-refractivity contribution < 1.29 is 19.4 Å². The molecule has 2 aliphatic heterocycles. The van der Waals surface area contributed by atoms with Crippen LogP contribution in [0.4, 0.5) is 4.79 Å². The van der Waals surface area contributed by atoms with Crippen LogP contribution in [-0.4, -0.2) is 54.4 Å². The van der Waals surface area contributed by atoms with E-state index in [9.17, 15) is 9.59 Å². The standard InChI is InChI=1S/C13H22N2O4/c1-9-3-2-5-15(6-4-9)13(18)14-11-8-19-7-10(11)12(16)17/h9-11H,2-8H2,1H3,(H,14,18)(H,16,17). The number of likely N-dealkylation sites (tertiary alicyclic amines) is 1. The van der Waals surface area contributed by atoms with Gasteiger partial charge in [0.05, 0.1) is 19.3 Å². The molecule has 2 amide bonds. The minimum atomic E-state index is -0.910. The molecular weight excluding hydrogens is 248 g/mol. The summed E-state index contributed by atoms with van der Waals surface area (Å²) in [6.07, 6.45) is 3.17. The molecule has 0 saturated carbocycles. The van der Waals surface area contributed by atoms with E-state index in [2.05, 4.69) is 12.2 Å². The van der Waals surface area contributed by atoms with Crippen LogP contribution >= 0.6 is 0 Å². The first-order valence-electron chi connectivity index (χ1n) is 6.94. The third kappa shape index (κ3) is 3.59. The topological polar surface area (TPSA) is 78.9 Å². The second-order valence-corrected chi connectivity index (χ2v) is 5.56. The third-order valence-electron chi connectivity index (χ3n) is 4.01. The molecule has 6 heteroatoms. The van der Waals surface area contributed by atoms with Crippen LogP contribution < -0.4 is 5.32 Å². The van der Waals surface area contributed by atoms with Crippen molar-refractivity contribution in [2.24, 2.45) is 11.8 Å². The zero-order valence-corrected chi connectivity index (χ0v) is 11.3. The minimum absolute atomic E-state index is 0.157. The van der Waals surface area contributed by atoms with Crippen LogP contribution in [0.3, 0.4) is 0 Å². The fourth-order valence-electron chi connectivity index (χ4n) is 2.66. The summed E-state index contributed by atoms with van der Waals surface area (Å²) in [5.41, 5.74) is 0. The van der Waals surface area contributed by atoms with Crippen molar-refractivity contribution in [1.82, 2.24) is 10.2 Å². The number of nitrogens with one attached hydrogen (secondary N) is 1. The Balaban J connectivity index is 1.88. The van der Waals surface area contributed by atoms with E-state index in [1.807, 2.05) is 0 Å². The van der Waals surface area contributed by atoms with Crippen molar-refractivity contribution in [3.8, 4) is 0 Å². The Hall–Kier alpha value is -1.30. The van der Waals surface area contributed by atoms with Gasteiger partial charge in [-0.3, -0.25) is 4.79 Å². The number of nitrogens with zero attached hydrogens (tertiary/aromatic N) is 1. The van der Waals surface area contributed by atoms with E-state index in [-0.39, 0.29) is 19.2 Å². The van der Waals surface area contributed by atoms with Gasteiger partial charge in [0.1, 0.15) is 5.92 Å². The molecule has 0 bridgehead atoms. The van der Waals surface area contributed by atoms with Crippen molar-refractivity contribution in [1.29, 1.82) is 0 Å². The second-order valence-electron chi connectivity index (χ2n) is 5.56. The summed E-state index contributed by atoms with van der Waals surface area (Å²) in [6, 6.07) is -0.568. The molecule has 19 heavy (non-hydrogen) atoms. The van der Waals surface area contributed by atoms with Crippen molar-refractivity contribution in [2.45, 2.75) is 32.2 Å². The Kier molecular flexibility index (Phi) is 4.63. The molecule has 0 aromatic rings. The monoisotopic (exact) mass is 270 g/mol. The first kappa shape index (κ1) is 14.1. The number of amides is 2. The molecule has 0 radical (unpaired) electrons. The summed E-state index contributed by atoms with van der Waals surface area (Å²) in [6.45, 7) is 4.16. The van der Waals surface area contributed by atoms with E-state index in [0.29, 0.717) is 5.92 Å². The van der Waals surface area contributed by atoms with Gasteiger partial charge in [-0.25, -0.2) is 4.79 Å². The lowest BCUT2D eigenvalue weighted by molar-refractivity contribution is -0.142. The van der Waals surface area contributed by atoms with Gasteiger partial charge in [-0.2, -0.15) is 0 Å². The van der Waals surface area contributed by atoms with Gasteiger partial charge in [0.2, 0.25) is 0 Å². The van der Waals surface area contributed by atoms with Gasteiger partial charge in [-0.15, -0.1) is 0 Å². The molecule has 2 aliphatic rings. The SMILES string of the molecule is CC1CCCN(C(=O)NC2COCC2C(=O)O)CC1. The molecule has 0 aromatic heterocycles. The maximum absolute atomic E-state index is 12.1. The molecule has 0 aromatic carbocycles. The highest BCUT2D eigenvalue weighted by Crippen LogP contribution is 2.18. The Morgan fingerprint density at radius 1 is 1.26 bits per heavy atom. The number of hydrogen-bond acceptors (Lipinski definition) is 3. The van der Waals surface area contributed by atoms with E-state index in [4.69, 9.17) is 9.84 Å². The maximum Gasteiger partial charge on any atom is 0.317 e. The molecule has 6 nitrogen and oxygen atoms in total.